The molecule has 0 aliphatic heterocycles. The molecule has 4 nitrogen and oxygen atoms in total. The number of hydrogen-bond acceptors (Lipinski definition) is 4. The van der Waals surface area contributed by atoms with Crippen LogP contribution in [0, 0.1) is 0 Å². The van der Waals surface area contributed by atoms with Crippen molar-refractivity contribution in [3.05, 3.63) is 48.2 Å². The highest BCUT2D eigenvalue weighted by Crippen LogP contribution is 2.25. The van der Waals surface area contributed by atoms with Crippen LogP contribution in [0.2, 0.25) is 0 Å². The minimum absolute atomic E-state index is 0.249. The van der Waals surface area contributed by atoms with Crippen LogP contribution in [0.25, 0.3) is 0 Å². The molecule has 0 spiro atoms. The van der Waals surface area contributed by atoms with Gasteiger partial charge in [-0.3, -0.25) is 0 Å². The zero-order valence-electron chi connectivity index (χ0n) is 10.2. The Labute approximate surface area is 116 Å². The predicted octanol–water partition coefficient (Wildman–Crippen LogP) is 3.02. The second-order valence-electron chi connectivity index (χ2n) is 3.95. The number of rotatable bonds is 4. The molecular formula is C13H12ClNO3S. The molecular weight excluding hydrogens is 286 g/mol. The van der Waals surface area contributed by atoms with Crippen molar-refractivity contribution in [2.75, 3.05) is 6.26 Å². The largest absolute Gasteiger partial charge is 0.439 e. The first-order valence-electron chi connectivity index (χ1n) is 5.48. The quantitative estimate of drug-likeness (QED) is 0.814. The van der Waals surface area contributed by atoms with Gasteiger partial charge in [-0.15, -0.1) is 11.6 Å². The fourth-order valence-electron chi connectivity index (χ4n) is 1.48. The van der Waals surface area contributed by atoms with E-state index in [9.17, 15) is 8.42 Å². The fraction of sp³-hybridized carbons (Fsp3) is 0.154. The molecule has 2 aromatic rings. The summed E-state index contributed by atoms with van der Waals surface area (Å²) in [4.78, 5) is 4.34. The van der Waals surface area contributed by atoms with Gasteiger partial charge in [0.2, 0.25) is 5.88 Å². The standard InChI is InChI=1S/C13H12ClNO3S/c1-19(16,17)12-6-4-11(5-7-12)18-13-10(9-14)3-2-8-15-13/h2-8H,9H2,1H3. The smallest absolute Gasteiger partial charge is 0.223 e. The fourth-order valence-corrected chi connectivity index (χ4v) is 2.32. The first kappa shape index (κ1) is 13.8. The van der Waals surface area contributed by atoms with Crippen LogP contribution in [-0.2, 0) is 15.7 Å². The number of nitrogens with zero attached hydrogens (tertiary/aromatic N) is 1. The Balaban J connectivity index is 2.25. The molecule has 0 N–H and O–H groups in total. The second kappa shape index (κ2) is 5.59. The Morgan fingerprint density at radius 1 is 1.21 bits per heavy atom. The van der Waals surface area contributed by atoms with Crippen LogP contribution < -0.4 is 4.74 Å². The van der Waals surface area contributed by atoms with E-state index >= 15 is 0 Å². The molecule has 6 heteroatoms. The molecule has 0 saturated carbocycles. The summed E-state index contributed by atoms with van der Waals surface area (Å²) < 4.78 is 28.2. The van der Waals surface area contributed by atoms with Crippen molar-refractivity contribution in [1.82, 2.24) is 4.98 Å². The Morgan fingerprint density at radius 2 is 1.89 bits per heavy atom. The van der Waals surface area contributed by atoms with Crippen molar-refractivity contribution < 1.29 is 13.2 Å². The summed E-state index contributed by atoms with van der Waals surface area (Å²) in [6, 6.07) is 9.76. The predicted molar refractivity (Wildman–Crippen MR) is 73.4 cm³/mol. The van der Waals surface area contributed by atoms with E-state index in [-0.39, 0.29) is 4.90 Å². The first-order chi connectivity index (χ1) is 9.00. The highest BCUT2D eigenvalue weighted by Gasteiger charge is 2.08. The van der Waals surface area contributed by atoms with Crippen molar-refractivity contribution in [2.45, 2.75) is 10.8 Å². The van der Waals surface area contributed by atoms with E-state index in [0.29, 0.717) is 17.5 Å². The van der Waals surface area contributed by atoms with Gasteiger partial charge in [0.1, 0.15) is 5.75 Å². The molecule has 0 radical (unpaired) electrons. The minimum Gasteiger partial charge on any atom is -0.439 e. The Hall–Kier alpha value is -1.59. The summed E-state index contributed by atoms with van der Waals surface area (Å²) in [6.45, 7) is 0. The minimum atomic E-state index is -3.20. The zero-order chi connectivity index (χ0) is 13.9. The molecule has 1 aromatic carbocycles. The van der Waals surface area contributed by atoms with Crippen molar-refractivity contribution in [2.24, 2.45) is 0 Å². The normalized spacial score (nSPS) is 11.3. The first-order valence-corrected chi connectivity index (χ1v) is 7.91. The van der Waals surface area contributed by atoms with Crippen LogP contribution >= 0.6 is 11.6 Å². The lowest BCUT2D eigenvalue weighted by Crippen LogP contribution is -1.97. The van der Waals surface area contributed by atoms with Crippen LogP contribution in [0.1, 0.15) is 5.56 Å². The maximum Gasteiger partial charge on any atom is 0.223 e. The lowest BCUT2D eigenvalue weighted by molar-refractivity contribution is 0.458. The van der Waals surface area contributed by atoms with Gasteiger partial charge in [0.15, 0.2) is 9.84 Å². The van der Waals surface area contributed by atoms with E-state index in [4.69, 9.17) is 16.3 Å². The van der Waals surface area contributed by atoms with Gasteiger partial charge >= 0.3 is 0 Å². The van der Waals surface area contributed by atoms with Gasteiger partial charge in [-0.1, -0.05) is 6.07 Å². The number of sulfone groups is 1. The molecule has 0 atom stereocenters. The summed E-state index contributed by atoms with van der Waals surface area (Å²) in [5, 5.41) is 0. The summed E-state index contributed by atoms with van der Waals surface area (Å²) >= 11 is 5.78. The molecule has 0 aliphatic rings. The maximum atomic E-state index is 11.3. The van der Waals surface area contributed by atoms with Crippen molar-refractivity contribution in [1.29, 1.82) is 0 Å². The topological polar surface area (TPSA) is 56.3 Å². The molecule has 0 fully saturated rings. The van der Waals surface area contributed by atoms with Crippen LogP contribution in [0.3, 0.4) is 0 Å². The number of halogens is 1. The van der Waals surface area contributed by atoms with E-state index in [1.165, 1.54) is 12.1 Å². The third kappa shape index (κ3) is 3.45. The highest BCUT2D eigenvalue weighted by molar-refractivity contribution is 7.90. The summed E-state index contributed by atoms with van der Waals surface area (Å²) in [6.07, 6.45) is 2.77. The van der Waals surface area contributed by atoms with E-state index < -0.39 is 9.84 Å². The van der Waals surface area contributed by atoms with Gasteiger partial charge in [0.25, 0.3) is 0 Å². The summed E-state index contributed by atoms with van der Waals surface area (Å²) in [5.74, 6) is 1.23. The molecule has 1 heterocycles. The van der Waals surface area contributed by atoms with Crippen LogP contribution in [0.15, 0.2) is 47.5 Å². The molecule has 0 bridgehead atoms. The monoisotopic (exact) mass is 297 g/mol. The average Bonchev–Trinajstić information content (AvgIpc) is 2.39. The Bertz CT molecular complexity index is 669. The Morgan fingerprint density at radius 3 is 2.47 bits per heavy atom. The van der Waals surface area contributed by atoms with Gasteiger partial charge in [0, 0.05) is 18.0 Å². The van der Waals surface area contributed by atoms with Gasteiger partial charge in [-0.2, -0.15) is 0 Å². The van der Waals surface area contributed by atoms with Crippen LogP contribution in [0.5, 0.6) is 11.6 Å². The number of pyridine rings is 1. The van der Waals surface area contributed by atoms with Crippen molar-refractivity contribution in [3.63, 3.8) is 0 Å². The summed E-state index contributed by atoms with van der Waals surface area (Å²) in [7, 11) is -3.20. The number of benzene rings is 1. The number of ether oxygens (including phenoxy) is 1. The molecule has 2 rings (SSSR count). The lowest BCUT2D eigenvalue weighted by atomic mass is 10.3. The Kier molecular flexibility index (Phi) is 4.07. The third-order valence-electron chi connectivity index (χ3n) is 2.46. The van der Waals surface area contributed by atoms with Crippen molar-refractivity contribution in [3.8, 4) is 11.6 Å². The van der Waals surface area contributed by atoms with Crippen LogP contribution in [-0.4, -0.2) is 19.7 Å². The van der Waals surface area contributed by atoms with Crippen molar-refractivity contribution >= 4 is 21.4 Å². The third-order valence-corrected chi connectivity index (χ3v) is 3.88. The summed E-state index contributed by atoms with van der Waals surface area (Å²) in [5.41, 5.74) is 0.774. The maximum absolute atomic E-state index is 11.3. The van der Waals surface area contributed by atoms with Gasteiger partial charge < -0.3 is 4.74 Å². The van der Waals surface area contributed by atoms with E-state index in [1.807, 2.05) is 6.07 Å². The number of aromatic nitrogens is 1. The number of hydrogen-bond donors (Lipinski definition) is 0. The van der Waals surface area contributed by atoms with E-state index in [2.05, 4.69) is 4.98 Å². The SMILES string of the molecule is CS(=O)(=O)c1ccc(Oc2ncccc2CCl)cc1. The van der Waals surface area contributed by atoms with Gasteiger partial charge in [-0.25, -0.2) is 13.4 Å². The zero-order valence-corrected chi connectivity index (χ0v) is 11.8. The molecule has 1 aromatic heterocycles. The van der Waals surface area contributed by atoms with Crippen LogP contribution in [0.4, 0.5) is 0 Å². The molecule has 0 unspecified atom stereocenters. The highest BCUT2D eigenvalue weighted by atomic mass is 35.5. The average molecular weight is 298 g/mol. The molecule has 19 heavy (non-hydrogen) atoms. The number of alkyl halides is 1. The second-order valence-corrected chi connectivity index (χ2v) is 6.23. The van der Waals surface area contributed by atoms with Gasteiger partial charge in [0.05, 0.1) is 10.8 Å². The lowest BCUT2D eigenvalue weighted by Gasteiger charge is -2.08. The molecule has 0 amide bonds. The molecule has 100 valence electrons. The van der Waals surface area contributed by atoms with Gasteiger partial charge in [-0.05, 0) is 30.3 Å². The molecule has 0 aliphatic carbocycles. The molecule has 0 saturated heterocycles. The van der Waals surface area contributed by atoms with E-state index in [0.717, 1.165) is 11.8 Å². The van der Waals surface area contributed by atoms with E-state index in [1.54, 1.807) is 24.4 Å².